The number of furan rings is 1. The van der Waals surface area contributed by atoms with Gasteiger partial charge in [0.05, 0.1) is 19.8 Å². The van der Waals surface area contributed by atoms with Crippen LogP contribution >= 0.6 is 15.9 Å². The van der Waals surface area contributed by atoms with Gasteiger partial charge in [0.2, 0.25) is 5.91 Å². The van der Waals surface area contributed by atoms with Crippen molar-refractivity contribution in [2.24, 2.45) is 0 Å². The van der Waals surface area contributed by atoms with Gasteiger partial charge in [0.25, 0.3) is 0 Å². The van der Waals surface area contributed by atoms with Gasteiger partial charge in [0.15, 0.2) is 0 Å². The summed E-state index contributed by atoms with van der Waals surface area (Å²) in [5.74, 6) is 0.763. The molecule has 118 valence electrons. The van der Waals surface area contributed by atoms with E-state index in [1.807, 2.05) is 42.5 Å². The van der Waals surface area contributed by atoms with Gasteiger partial charge < -0.3 is 14.5 Å². The molecule has 1 heterocycles. The maximum Gasteiger partial charge on any atom is 0.224 e. The van der Waals surface area contributed by atoms with Gasteiger partial charge in [-0.2, -0.15) is 0 Å². The third-order valence-corrected chi connectivity index (χ3v) is 4.11. The number of methoxy groups -OCH3 is 1. The molecule has 0 aliphatic heterocycles. The first kappa shape index (κ1) is 15.6. The lowest BCUT2D eigenvalue weighted by Crippen LogP contribution is -2.24. The Morgan fingerprint density at radius 3 is 2.74 bits per heavy atom. The molecule has 0 saturated heterocycles. The van der Waals surface area contributed by atoms with Gasteiger partial charge in [-0.05, 0) is 35.9 Å². The van der Waals surface area contributed by atoms with Crippen molar-refractivity contribution in [3.8, 4) is 5.75 Å². The predicted molar refractivity (Wildman–Crippen MR) is 92.5 cm³/mol. The molecule has 0 fully saturated rings. The first-order valence-corrected chi connectivity index (χ1v) is 8.00. The lowest BCUT2D eigenvalue weighted by Gasteiger charge is -2.06. The Labute approximate surface area is 142 Å². The van der Waals surface area contributed by atoms with E-state index in [9.17, 15) is 4.79 Å². The van der Waals surface area contributed by atoms with Crippen LogP contribution in [0.3, 0.4) is 0 Å². The summed E-state index contributed by atoms with van der Waals surface area (Å²) >= 11 is 3.44. The van der Waals surface area contributed by atoms with E-state index in [1.54, 1.807) is 13.4 Å². The number of amides is 1. The third kappa shape index (κ3) is 3.74. The van der Waals surface area contributed by atoms with Gasteiger partial charge >= 0.3 is 0 Å². The monoisotopic (exact) mass is 373 g/mol. The summed E-state index contributed by atoms with van der Waals surface area (Å²) in [7, 11) is 1.63. The van der Waals surface area contributed by atoms with E-state index in [4.69, 9.17) is 9.15 Å². The average Bonchev–Trinajstić information content (AvgIpc) is 2.95. The second-order valence-electron chi connectivity index (χ2n) is 5.20. The quantitative estimate of drug-likeness (QED) is 0.733. The molecule has 0 aliphatic rings. The molecular weight excluding hydrogens is 358 g/mol. The Bertz CT molecular complexity index is 824. The Morgan fingerprint density at radius 1 is 1.22 bits per heavy atom. The average molecular weight is 374 g/mol. The fraction of sp³-hybridized carbons (Fsp3) is 0.167. The number of hydrogen-bond donors (Lipinski definition) is 1. The van der Waals surface area contributed by atoms with E-state index in [2.05, 4.69) is 21.2 Å². The number of halogens is 1. The van der Waals surface area contributed by atoms with Crippen LogP contribution in [0, 0.1) is 0 Å². The van der Waals surface area contributed by atoms with Crippen LogP contribution in [-0.2, 0) is 17.8 Å². The summed E-state index contributed by atoms with van der Waals surface area (Å²) in [6, 6.07) is 13.4. The number of carbonyl (C=O) groups is 1. The van der Waals surface area contributed by atoms with Gasteiger partial charge in [-0.3, -0.25) is 4.79 Å². The molecule has 0 radical (unpaired) electrons. The highest BCUT2D eigenvalue weighted by atomic mass is 79.9. The number of rotatable bonds is 5. The van der Waals surface area contributed by atoms with Crippen LogP contribution < -0.4 is 10.1 Å². The zero-order chi connectivity index (χ0) is 16.2. The summed E-state index contributed by atoms with van der Waals surface area (Å²) in [5, 5.41) is 3.88. The van der Waals surface area contributed by atoms with E-state index < -0.39 is 0 Å². The normalized spacial score (nSPS) is 10.7. The maximum absolute atomic E-state index is 12.1. The van der Waals surface area contributed by atoms with E-state index in [0.717, 1.165) is 32.3 Å². The van der Waals surface area contributed by atoms with E-state index >= 15 is 0 Å². The van der Waals surface area contributed by atoms with Crippen LogP contribution in [0.4, 0.5) is 0 Å². The van der Waals surface area contributed by atoms with E-state index in [-0.39, 0.29) is 5.91 Å². The molecule has 3 rings (SSSR count). The van der Waals surface area contributed by atoms with Crippen molar-refractivity contribution in [1.82, 2.24) is 5.32 Å². The van der Waals surface area contributed by atoms with Crippen LogP contribution in [0.2, 0.25) is 0 Å². The summed E-state index contributed by atoms with van der Waals surface area (Å²) in [6.07, 6.45) is 1.93. The van der Waals surface area contributed by atoms with Gasteiger partial charge in [-0.1, -0.05) is 28.1 Å². The molecule has 0 spiro atoms. The first-order valence-electron chi connectivity index (χ1n) is 7.21. The van der Waals surface area contributed by atoms with Crippen molar-refractivity contribution in [3.63, 3.8) is 0 Å². The van der Waals surface area contributed by atoms with Crippen molar-refractivity contribution in [2.45, 2.75) is 13.0 Å². The molecule has 1 N–H and O–H groups in total. The van der Waals surface area contributed by atoms with Gasteiger partial charge in [-0.15, -0.1) is 0 Å². The molecule has 0 aliphatic carbocycles. The van der Waals surface area contributed by atoms with Crippen molar-refractivity contribution in [2.75, 3.05) is 7.11 Å². The second kappa shape index (κ2) is 6.87. The summed E-state index contributed by atoms with van der Waals surface area (Å²) in [6.45, 7) is 0.488. The molecule has 23 heavy (non-hydrogen) atoms. The van der Waals surface area contributed by atoms with Crippen LogP contribution in [0.1, 0.15) is 11.1 Å². The first-order chi connectivity index (χ1) is 11.2. The van der Waals surface area contributed by atoms with Gasteiger partial charge in [0.1, 0.15) is 11.3 Å². The Hall–Kier alpha value is -2.27. The number of ether oxygens (including phenoxy) is 1. The number of hydrogen-bond acceptors (Lipinski definition) is 3. The molecule has 3 aromatic rings. The maximum atomic E-state index is 12.1. The summed E-state index contributed by atoms with van der Waals surface area (Å²) in [5.41, 5.74) is 2.69. The van der Waals surface area contributed by atoms with Crippen LogP contribution in [0.5, 0.6) is 5.75 Å². The summed E-state index contributed by atoms with van der Waals surface area (Å²) in [4.78, 5) is 12.1. The molecule has 1 aromatic heterocycles. The van der Waals surface area contributed by atoms with Crippen LogP contribution in [-0.4, -0.2) is 13.0 Å². The smallest absolute Gasteiger partial charge is 0.224 e. The Kier molecular flexibility index (Phi) is 4.67. The van der Waals surface area contributed by atoms with Crippen LogP contribution in [0.15, 0.2) is 57.6 Å². The minimum Gasteiger partial charge on any atom is -0.497 e. The van der Waals surface area contributed by atoms with Crippen molar-refractivity contribution in [3.05, 3.63) is 64.3 Å². The van der Waals surface area contributed by atoms with Crippen LogP contribution in [0.25, 0.3) is 11.0 Å². The lowest BCUT2D eigenvalue weighted by molar-refractivity contribution is -0.120. The topological polar surface area (TPSA) is 51.5 Å². The SMILES string of the molecule is COc1ccc(CNC(=O)Cc2coc3ccc(Br)cc23)cc1. The van der Waals surface area contributed by atoms with E-state index in [1.165, 1.54) is 0 Å². The lowest BCUT2D eigenvalue weighted by atomic mass is 10.1. The van der Waals surface area contributed by atoms with Crippen molar-refractivity contribution < 1.29 is 13.9 Å². The molecule has 2 aromatic carbocycles. The molecule has 4 nitrogen and oxygen atoms in total. The highest BCUT2D eigenvalue weighted by Gasteiger charge is 2.10. The zero-order valence-corrected chi connectivity index (χ0v) is 14.2. The molecular formula is C18H16BrNO3. The molecule has 0 bridgehead atoms. The molecule has 0 saturated carbocycles. The van der Waals surface area contributed by atoms with E-state index in [0.29, 0.717) is 13.0 Å². The molecule has 5 heteroatoms. The highest BCUT2D eigenvalue weighted by Crippen LogP contribution is 2.25. The largest absolute Gasteiger partial charge is 0.497 e. The van der Waals surface area contributed by atoms with Gasteiger partial charge in [0, 0.05) is 22.0 Å². The minimum atomic E-state index is -0.0384. The third-order valence-electron chi connectivity index (χ3n) is 3.62. The standard InChI is InChI=1S/C18H16BrNO3/c1-22-15-5-2-12(3-6-15)10-20-18(21)8-13-11-23-17-7-4-14(19)9-16(13)17/h2-7,9,11H,8,10H2,1H3,(H,20,21). The minimum absolute atomic E-state index is 0.0384. The second-order valence-corrected chi connectivity index (χ2v) is 6.12. The number of fused-ring (bicyclic) bond motifs is 1. The molecule has 0 atom stereocenters. The molecule has 1 amide bonds. The fourth-order valence-corrected chi connectivity index (χ4v) is 2.73. The molecule has 0 unspecified atom stereocenters. The Balaban J connectivity index is 1.63. The number of carbonyl (C=O) groups excluding carboxylic acids is 1. The predicted octanol–water partition coefficient (Wildman–Crippen LogP) is 4.06. The summed E-state index contributed by atoms with van der Waals surface area (Å²) < 4.78 is 11.6. The fourth-order valence-electron chi connectivity index (χ4n) is 2.37. The number of benzene rings is 2. The Morgan fingerprint density at radius 2 is 2.00 bits per heavy atom. The zero-order valence-electron chi connectivity index (χ0n) is 12.6. The number of nitrogens with one attached hydrogen (secondary N) is 1. The van der Waals surface area contributed by atoms with Crippen molar-refractivity contribution >= 4 is 32.8 Å². The van der Waals surface area contributed by atoms with Crippen molar-refractivity contribution in [1.29, 1.82) is 0 Å². The highest BCUT2D eigenvalue weighted by molar-refractivity contribution is 9.10. The van der Waals surface area contributed by atoms with Gasteiger partial charge in [-0.25, -0.2) is 0 Å².